The van der Waals surface area contributed by atoms with Crippen molar-refractivity contribution in [2.45, 2.75) is 32.9 Å². The Balaban J connectivity index is 2.17. The molecule has 0 saturated carbocycles. The van der Waals surface area contributed by atoms with E-state index in [-0.39, 0.29) is 17.9 Å². The second kappa shape index (κ2) is 9.02. The van der Waals surface area contributed by atoms with Crippen molar-refractivity contribution < 1.29 is 9.59 Å². The molecule has 144 valence electrons. The molecular weight excluding hydrogens is 362 g/mol. The lowest BCUT2D eigenvalue weighted by atomic mass is 9.94. The molecule has 0 fully saturated rings. The largest absolute Gasteiger partial charge is 0.339 e. The number of anilines is 1. The van der Waals surface area contributed by atoms with Crippen LogP contribution in [0.3, 0.4) is 0 Å². The average molecular weight is 388 g/mol. The molecule has 0 aliphatic carbocycles. The molecule has 0 aliphatic heterocycles. The molecule has 0 spiro atoms. The van der Waals surface area contributed by atoms with Crippen LogP contribution >= 0.6 is 11.6 Å². The summed E-state index contributed by atoms with van der Waals surface area (Å²) in [5, 5.41) is 3.17. The third-order valence-electron chi connectivity index (χ3n) is 4.70. The van der Waals surface area contributed by atoms with Crippen molar-refractivity contribution in [3.05, 3.63) is 64.7 Å². The first kappa shape index (κ1) is 20.9. The SMILES string of the molecule is CC(C(=O)Nc1cc(C(=O)N(C)C(C)C)ccc1Cl)C(N)c1ccccc1. The van der Waals surface area contributed by atoms with Crippen LogP contribution in [0.5, 0.6) is 0 Å². The molecule has 2 amide bonds. The minimum atomic E-state index is -0.471. The Morgan fingerprint density at radius 1 is 1.07 bits per heavy atom. The zero-order valence-electron chi connectivity index (χ0n) is 16.1. The van der Waals surface area contributed by atoms with E-state index in [2.05, 4.69) is 5.32 Å². The van der Waals surface area contributed by atoms with Gasteiger partial charge in [-0.25, -0.2) is 0 Å². The molecule has 0 aromatic heterocycles. The molecule has 0 saturated heterocycles. The zero-order chi connectivity index (χ0) is 20.1. The average Bonchev–Trinajstić information content (AvgIpc) is 2.67. The summed E-state index contributed by atoms with van der Waals surface area (Å²) < 4.78 is 0. The van der Waals surface area contributed by atoms with E-state index in [9.17, 15) is 9.59 Å². The minimum absolute atomic E-state index is 0.0649. The Bertz CT molecular complexity index is 808. The minimum Gasteiger partial charge on any atom is -0.339 e. The summed E-state index contributed by atoms with van der Waals surface area (Å²) in [6.45, 7) is 5.63. The Kier molecular flexibility index (Phi) is 6.99. The van der Waals surface area contributed by atoms with Gasteiger partial charge in [-0.15, -0.1) is 0 Å². The van der Waals surface area contributed by atoms with Gasteiger partial charge in [0.15, 0.2) is 0 Å². The van der Waals surface area contributed by atoms with E-state index < -0.39 is 12.0 Å². The number of halogens is 1. The molecule has 2 aromatic carbocycles. The maximum atomic E-state index is 12.7. The highest BCUT2D eigenvalue weighted by Crippen LogP contribution is 2.26. The lowest BCUT2D eigenvalue weighted by Crippen LogP contribution is -2.33. The summed E-state index contributed by atoms with van der Waals surface area (Å²) in [5.74, 6) is -0.859. The number of hydrogen-bond donors (Lipinski definition) is 2. The van der Waals surface area contributed by atoms with Gasteiger partial charge in [0.05, 0.1) is 16.6 Å². The Morgan fingerprint density at radius 3 is 2.30 bits per heavy atom. The van der Waals surface area contributed by atoms with Crippen LogP contribution < -0.4 is 11.1 Å². The summed E-state index contributed by atoms with van der Waals surface area (Å²) in [6.07, 6.45) is 0. The molecule has 0 heterocycles. The van der Waals surface area contributed by atoms with Crippen molar-refractivity contribution in [2.75, 3.05) is 12.4 Å². The van der Waals surface area contributed by atoms with Gasteiger partial charge in [-0.2, -0.15) is 0 Å². The molecule has 2 aromatic rings. The van der Waals surface area contributed by atoms with Crippen molar-refractivity contribution in [1.29, 1.82) is 0 Å². The normalized spacial score (nSPS) is 13.1. The summed E-state index contributed by atoms with van der Waals surface area (Å²) in [6, 6.07) is 13.9. The van der Waals surface area contributed by atoms with Gasteiger partial charge < -0.3 is 16.0 Å². The van der Waals surface area contributed by atoms with Gasteiger partial charge in [0.25, 0.3) is 5.91 Å². The van der Waals surface area contributed by atoms with E-state index in [1.165, 1.54) is 0 Å². The smallest absolute Gasteiger partial charge is 0.253 e. The van der Waals surface area contributed by atoms with Gasteiger partial charge in [0.2, 0.25) is 5.91 Å². The van der Waals surface area contributed by atoms with E-state index >= 15 is 0 Å². The molecular formula is C21H26ClN3O2. The van der Waals surface area contributed by atoms with Crippen LogP contribution in [-0.4, -0.2) is 29.8 Å². The molecule has 5 nitrogen and oxygen atoms in total. The standard InChI is InChI=1S/C21H26ClN3O2/c1-13(2)25(4)21(27)16-10-11-17(22)18(12-16)24-20(26)14(3)19(23)15-8-6-5-7-9-15/h5-14,19H,23H2,1-4H3,(H,24,26). The van der Waals surface area contributed by atoms with Gasteiger partial charge in [0, 0.05) is 24.7 Å². The van der Waals surface area contributed by atoms with Crippen LogP contribution in [0.4, 0.5) is 5.69 Å². The highest BCUT2D eigenvalue weighted by atomic mass is 35.5. The fourth-order valence-corrected chi connectivity index (χ4v) is 2.73. The van der Waals surface area contributed by atoms with Crippen LogP contribution in [0.2, 0.25) is 5.02 Å². The number of carbonyl (C=O) groups excluding carboxylic acids is 2. The van der Waals surface area contributed by atoms with E-state index in [1.807, 2.05) is 44.2 Å². The molecule has 0 bridgehead atoms. The summed E-state index contributed by atoms with van der Waals surface area (Å²) in [7, 11) is 1.74. The molecule has 2 unspecified atom stereocenters. The number of hydrogen-bond acceptors (Lipinski definition) is 3. The molecule has 2 atom stereocenters. The first-order valence-electron chi connectivity index (χ1n) is 8.90. The number of nitrogens with one attached hydrogen (secondary N) is 1. The summed E-state index contributed by atoms with van der Waals surface area (Å²) in [4.78, 5) is 26.8. The maximum absolute atomic E-state index is 12.7. The molecule has 0 radical (unpaired) electrons. The van der Waals surface area contributed by atoms with Crippen LogP contribution in [-0.2, 0) is 4.79 Å². The summed E-state index contributed by atoms with van der Waals surface area (Å²) in [5.41, 5.74) is 7.97. The summed E-state index contributed by atoms with van der Waals surface area (Å²) >= 11 is 6.22. The lowest BCUT2D eigenvalue weighted by molar-refractivity contribution is -0.120. The fraction of sp³-hybridized carbons (Fsp3) is 0.333. The van der Waals surface area contributed by atoms with E-state index in [4.69, 9.17) is 17.3 Å². The van der Waals surface area contributed by atoms with Crippen molar-refractivity contribution in [3.8, 4) is 0 Å². The van der Waals surface area contributed by atoms with Gasteiger partial charge in [-0.05, 0) is 37.6 Å². The molecule has 0 aliphatic rings. The third kappa shape index (κ3) is 5.08. The number of carbonyl (C=O) groups is 2. The predicted molar refractivity (Wildman–Crippen MR) is 110 cm³/mol. The van der Waals surface area contributed by atoms with Gasteiger partial charge >= 0.3 is 0 Å². The van der Waals surface area contributed by atoms with Crippen LogP contribution in [0, 0.1) is 5.92 Å². The second-order valence-corrected chi connectivity index (χ2v) is 7.33. The molecule has 3 N–H and O–H groups in total. The zero-order valence-corrected chi connectivity index (χ0v) is 16.8. The van der Waals surface area contributed by atoms with Gasteiger partial charge in [0.1, 0.15) is 0 Å². The van der Waals surface area contributed by atoms with Crippen molar-refractivity contribution in [3.63, 3.8) is 0 Å². The quantitative estimate of drug-likeness (QED) is 0.783. The maximum Gasteiger partial charge on any atom is 0.253 e. The number of amides is 2. The van der Waals surface area contributed by atoms with Crippen molar-refractivity contribution >= 4 is 29.1 Å². The molecule has 2 rings (SSSR count). The van der Waals surface area contributed by atoms with Crippen LogP contribution in [0.25, 0.3) is 0 Å². The first-order chi connectivity index (χ1) is 12.7. The van der Waals surface area contributed by atoms with E-state index in [1.54, 1.807) is 37.1 Å². The van der Waals surface area contributed by atoms with Gasteiger partial charge in [-0.1, -0.05) is 48.9 Å². The monoisotopic (exact) mass is 387 g/mol. The number of nitrogens with zero attached hydrogens (tertiary/aromatic N) is 1. The Morgan fingerprint density at radius 2 is 1.70 bits per heavy atom. The molecule has 6 heteroatoms. The number of nitrogens with two attached hydrogens (primary N) is 1. The van der Waals surface area contributed by atoms with Crippen molar-refractivity contribution in [1.82, 2.24) is 4.90 Å². The first-order valence-corrected chi connectivity index (χ1v) is 9.28. The Hall–Kier alpha value is -2.37. The third-order valence-corrected chi connectivity index (χ3v) is 5.03. The van der Waals surface area contributed by atoms with E-state index in [0.29, 0.717) is 16.3 Å². The topological polar surface area (TPSA) is 75.4 Å². The second-order valence-electron chi connectivity index (χ2n) is 6.92. The highest BCUT2D eigenvalue weighted by molar-refractivity contribution is 6.34. The highest BCUT2D eigenvalue weighted by Gasteiger charge is 2.23. The Labute approximate surface area is 165 Å². The number of rotatable bonds is 6. The number of benzene rings is 2. The predicted octanol–water partition coefficient (Wildman–Crippen LogP) is 4.10. The van der Waals surface area contributed by atoms with Crippen LogP contribution in [0.15, 0.2) is 48.5 Å². The van der Waals surface area contributed by atoms with E-state index in [0.717, 1.165) is 5.56 Å². The van der Waals surface area contributed by atoms with Gasteiger partial charge in [-0.3, -0.25) is 9.59 Å². The lowest BCUT2D eigenvalue weighted by Gasteiger charge is -2.22. The van der Waals surface area contributed by atoms with Crippen molar-refractivity contribution in [2.24, 2.45) is 11.7 Å². The van der Waals surface area contributed by atoms with Crippen LogP contribution in [0.1, 0.15) is 42.7 Å². The molecule has 27 heavy (non-hydrogen) atoms. The fourth-order valence-electron chi connectivity index (χ4n) is 2.57.